The Labute approximate surface area is 179 Å². The fourth-order valence-electron chi connectivity index (χ4n) is 2.58. The largest absolute Gasteiger partial charge is 0.379 e. The maximum absolute atomic E-state index is 11.8. The predicted molar refractivity (Wildman–Crippen MR) is 120 cm³/mol. The zero-order chi connectivity index (χ0) is 18.6. The highest BCUT2D eigenvalue weighted by molar-refractivity contribution is 14.0. The van der Waals surface area contributed by atoms with E-state index in [0.29, 0.717) is 12.5 Å². The summed E-state index contributed by atoms with van der Waals surface area (Å²) >= 11 is 0. The Balaban J connectivity index is 0.00000364. The number of nitrogens with zero attached hydrogens (tertiary/aromatic N) is 3. The molecule has 0 atom stereocenters. The van der Waals surface area contributed by atoms with Gasteiger partial charge in [0.25, 0.3) is 0 Å². The molecule has 2 N–H and O–H groups in total. The van der Waals surface area contributed by atoms with Crippen molar-refractivity contribution in [1.29, 1.82) is 0 Å². The molecule has 2 rings (SSSR count). The van der Waals surface area contributed by atoms with Crippen LogP contribution in [0.5, 0.6) is 0 Å². The summed E-state index contributed by atoms with van der Waals surface area (Å²) in [5.74, 6) is 0.693. The normalized spacial score (nSPS) is 15.0. The Bertz CT molecular complexity index is 562. The molecule has 1 aliphatic heterocycles. The highest BCUT2D eigenvalue weighted by atomic mass is 127. The lowest BCUT2D eigenvalue weighted by molar-refractivity contribution is -0.127. The molecule has 7 nitrogen and oxygen atoms in total. The molecule has 1 amide bonds. The van der Waals surface area contributed by atoms with Crippen molar-refractivity contribution in [3.63, 3.8) is 0 Å². The molecule has 0 spiro atoms. The topological polar surface area (TPSA) is 69.2 Å². The Morgan fingerprint density at radius 2 is 1.89 bits per heavy atom. The zero-order valence-corrected chi connectivity index (χ0v) is 18.6. The van der Waals surface area contributed by atoms with Crippen LogP contribution < -0.4 is 10.6 Å². The molecule has 0 unspecified atom stereocenters. The van der Waals surface area contributed by atoms with Crippen molar-refractivity contribution >= 4 is 35.8 Å². The van der Waals surface area contributed by atoms with Gasteiger partial charge in [0.1, 0.15) is 0 Å². The maximum Gasteiger partial charge on any atom is 0.241 e. The molecule has 1 fully saturated rings. The number of carbonyl (C=O) groups excluding carboxylic acids is 1. The van der Waals surface area contributed by atoms with Gasteiger partial charge in [0.05, 0.1) is 26.3 Å². The summed E-state index contributed by atoms with van der Waals surface area (Å²) < 4.78 is 5.37. The minimum atomic E-state index is 0. The number of carbonyl (C=O) groups is 1. The van der Waals surface area contributed by atoms with Crippen molar-refractivity contribution in [3.8, 4) is 0 Å². The summed E-state index contributed by atoms with van der Waals surface area (Å²) in [6.45, 7) is 6.33. The van der Waals surface area contributed by atoms with Crippen molar-refractivity contribution in [1.82, 2.24) is 20.4 Å². The number of hydrogen-bond donors (Lipinski definition) is 2. The van der Waals surface area contributed by atoms with Gasteiger partial charge in [0.15, 0.2) is 5.96 Å². The number of likely N-dealkylation sites (N-methyl/N-ethyl adjacent to an activating group) is 1. The minimum absolute atomic E-state index is 0. The molecule has 1 aromatic carbocycles. The number of amides is 1. The van der Waals surface area contributed by atoms with Gasteiger partial charge in [-0.25, -0.2) is 4.99 Å². The summed E-state index contributed by atoms with van der Waals surface area (Å²) in [5, 5.41) is 6.46. The monoisotopic (exact) mass is 489 g/mol. The standard InChI is InChI=1S/C19H31N5O2.HI/c1-23(2)18(25)16-22-19(21-15-17-7-4-3-5-8-17)20-9-6-10-24-11-13-26-14-12-24;/h3-5,7-8H,6,9-16H2,1-2H3,(H2,20,21,22);1H. The third-order valence-corrected chi connectivity index (χ3v) is 4.22. The summed E-state index contributed by atoms with van der Waals surface area (Å²) in [4.78, 5) is 20.4. The van der Waals surface area contributed by atoms with Gasteiger partial charge in [-0.1, -0.05) is 30.3 Å². The zero-order valence-electron chi connectivity index (χ0n) is 16.3. The van der Waals surface area contributed by atoms with E-state index in [1.165, 1.54) is 0 Å². The third kappa shape index (κ3) is 9.92. The summed E-state index contributed by atoms with van der Waals surface area (Å²) in [5.41, 5.74) is 1.14. The molecule has 0 saturated carbocycles. The van der Waals surface area contributed by atoms with Gasteiger partial charge in [0.2, 0.25) is 5.91 Å². The molecule has 8 heteroatoms. The third-order valence-electron chi connectivity index (χ3n) is 4.22. The van der Waals surface area contributed by atoms with Crippen LogP contribution in [0.1, 0.15) is 12.0 Å². The van der Waals surface area contributed by atoms with Crippen molar-refractivity contribution < 1.29 is 9.53 Å². The molecule has 0 aliphatic carbocycles. The number of rotatable bonds is 8. The van der Waals surface area contributed by atoms with E-state index in [2.05, 4.69) is 20.5 Å². The second kappa shape index (κ2) is 13.7. The minimum Gasteiger partial charge on any atom is -0.379 e. The average Bonchev–Trinajstić information content (AvgIpc) is 2.67. The fraction of sp³-hybridized carbons (Fsp3) is 0.579. The smallest absolute Gasteiger partial charge is 0.241 e. The number of benzene rings is 1. The predicted octanol–water partition coefficient (Wildman–Crippen LogP) is 1.15. The van der Waals surface area contributed by atoms with E-state index < -0.39 is 0 Å². The number of hydrogen-bond acceptors (Lipinski definition) is 4. The molecule has 152 valence electrons. The summed E-state index contributed by atoms with van der Waals surface area (Å²) in [6, 6.07) is 10.1. The first-order chi connectivity index (χ1) is 12.6. The van der Waals surface area contributed by atoms with Crippen LogP contribution in [-0.2, 0) is 16.1 Å². The molecule has 0 aromatic heterocycles. The van der Waals surface area contributed by atoms with Crippen molar-refractivity contribution in [2.75, 3.05) is 60.0 Å². The van der Waals surface area contributed by atoms with E-state index in [1.54, 1.807) is 19.0 Å². The van der Waals surface area contributed by atoms with Crippen LogP contribution in [0, 0.1) is 0 Å². The summed E-state index contributed by atoms with van der Waals surface area (Å²) in [6.07, 6.45) is 1.02. The van der Waals surface area contributed by atoms with E-state index in [4.69, 9.17) is 4.74 Å². The van der Waals surface area contributed by atoms with Gasteiger partial charge >= 0.3 is 0 Å². The first-order valence-corrected chi connectivity index (χ1v) is 9.21. The van der Waals surface area contributed by atoms with Gasteiger partial charge in [0, 0.05) is 33.7 Å². The lowest BCUT2D eigenvalue weighted by Crippen LogP contribution is -2.44. The molecule has 27 heavy (non-hydrogen) atoms. The molecule has 1 aromatic rings. The Kier molecular flexibility index (Phi) is 12.0. The first kappa shape index (κ1) is 23.6. The molecule has 1 saturated heterocycles. The van der Waals surface area contributed by atoms with Crippen LogP contribution in [-0.4, -0.2) is 81.7 Å². The van der Waals surface area contributed by atoms with Crippen LogP contribution in [0.15, 0.2) is 35.3 Å². The number of morpholine rings is 1. The SMILES string of the molecule is CN(C)C(=O)CNC(=NCc1ccccc1)NCCCN1CCOCC1.I. The number of ether oxygens (including phenoxy) is 1. The van der Waals surface area contributed by atoms with Crippen LogP contribution in [0.25, 0.3) is 0 Å². The molecular formula is C19H32IN5O2. The van der Waals surface area contributed by atoms with Crippen molar-refractivity contribution in [2.24, 2.45) is 4.99 Å². The van der Waals surface area contributed by atoms with E-state index in [0.717, 1.165) is 51.4 Å². The Morgan fingerprint density at radius 3 is 2.56 bits per heavy atom. The van der Waals surface area contributed by atoms with E-state index in [1.807, 2.05) is 30.3 Å². The first-order valence-electron chi connectivity index (χ1n) is 9.21. The average molecular weight is 489 g/mol. The second-order valence-electron chi connectivity index (χ2n) is 6.53. The van der Waals surface area contributed by atoms with Gasteiger partial charge in [-0.2, -0.15) is 0 Å². The second-order valence-corrected chi connectivity index (χ2v) is 6.53. The van der Waals surface area contributed by atoms with Crippen LogP contribution in [0.2, 0.25) is 0 Å². The molecule has 0 radical (unpaired) electrons. The van der Waals surface area contributed by atoms with Crippen LogP contribution >= 0.6 is 24.0 Å². The van der Waals surface area contributed by atoms with Gasteiger partial charge in [-0.3, -0.25) is 9.69 Å². The molecule has 1 heterocycles. The van der Waals surface area contributed by atoms with E-state index in [9.17, 15) is 4.79 Å². The number of nitrogens with one attached hydrogen (secondary N) is 2. The van der Waals surface area contributed by atoms with Crippen molar-refractivity contribution in [2.45, 2.75) is 13.0 Å². The van der Waals surface area contributed by atoms with E-state index >= 15 is 0 Å². The summed E-state index contributed by atoms with van der Waals surface area (Å²) in [7, 11) is 3.50. The highest BCUT2D eigenvalue weighted by Gasteiger charge is 2.10. The Morgan fingerprint density at radius 1 is 1.19 bits per heavy atom. The van der Waals surface area contributed by atoms with Crippen LogP contribution in [0.3, 0.4) is 0 Å². The number of aliphatic imine (C=N–C) groups is 1. The van der Waals surface area contributed by atoms with Gasteiger partial charge in [-0.05, 0) is 18.5 Å². The van der Waals surface area contributed by atoms with Gasteiger partial charge < -0.3 is 20.3 Å². The number of halogens is 1. The van der Waals surface area contributed by atoms with Crippen molar-refractivity contribution in [3.05, 3.63) is 35.9 Å². The lowest BCUT2D eigenvalue weighted by atomic mass is 10.2. The maximum atomic E-state index is 11.8. The lowest BCUT2D eigenvalue weighted by Gasteiger charge is -2.26. The van der Waals surface area contributed by atoms with Crippen LogP contribution in [0.4, 0.5) is 0 Å². The Hall–Kier alpha value is -1.39. The fourth-order valence-corrected chi connectivity index (χ4v) is 2.58. The molecule has 1 aliphatic rings. The quantitative estimate of drug-likeness (QED) is 0.248. The number of guanidine groups is 1. The highest BCUT2D eigenvalue weighted by Crippen LogP contribution is 2.00. The molecule has 0 bridgehead atoms. The molecular weight excluding hydrogens is 457 g/mol. The van der Waals surface area contributed by atoms with E-state index in [-0.39, 0.29) is 36.4 Å². The van der Waals surface area contributed by atoms with Gasteiger partial charge in [-0.15, -0.1) is 24.0 Å².